The van der Waals surface area contributed by atoms with Crippen LogP contribution in [0.2, 0.25) is 0 Å². The maximum Gasteiger partial charge on any atom is 0.342 e. The Balaban J connectivity index is 1.17. The monoisotopic (exact) mass is 753 g/mol. The number of ether oxygens (including phenoxy) is 2. The topological polar surface area (TPSA) is 164 Å². The van der Waals surface area contributed by atoms with Crippen molar-refractivity contribution < 1.29 is 38.9 Å². The number of amides is 2. The van der Waals surface area contributed by atoms with Crippen LogP contribution in [-0.2, 0) is 25.7 Å². The summed E-state index contributed by atoms with van der Waals surface area (Å²) in [4.78, 5) is 67.0. The number of nitrogens with one attached hydrogen (secondary N) is 1. The van der Waals surface area contributed by atoms with Gasteiger partial charge in [-0.3, -0.25) is 19.2 Å². The molecule has 1 saturated heterocycles. The van der Waals surface area contributed by atoms with Crippen LogP contribution in [0.25, 0.3) is 6.08 Å². The van der Waals surface area contributed by atoms with Gasteiger partial charge in [0.25, 0.3) is 5.56 Å². The summed E-state index contributed by atoms with van der Waals surface area (Å²) in [6.07, 6.45) is 7.46. The lowest BCUT2D eigenvalue weighted by atomic mass is 9.83. The normalized spacial score (nSPS) is 20.7. The van der Waals surface area contributed by atoms with E-state index in [1.807, 2.05) is 15.5 Å². The number of carbonyl (C=O) groups excluding carboxylic acids is 4. The standard InChI is InChI=1S/C43H51N3O9/c1-27-9-6-12-32(47)11-5-3-4-10-30-22-36(48)41(42(52)40(30)43(53)55-27)34(29-16-18-33(54-2)19-17-29)23-37(49)44-20-8-15-38(50)45-24-28-21-31(26-45)35-13-7-14-39(51)46(35)25-28/h4,7,10,13-14,16-19,22,27-28,31,34,48,52H,3,5-6,8-9,11-12,15,20-21,23-26H2,1-2H3,(H,44,49). The molecule has 2 bridgehead atoms. The predicted octanol–water partition coefficient (Wildman–Crippen LogP) is 5.81. The molecule has 4 atom stereocenters. The van der Waals surface area contributed by atoms with Crippen LogP contribution < -0.4 is 15.6 Å². The number of phenolic OH excluding ortho intramolecular Hbond substituents is 2. The number of hydrogen-bond acceptors (Lipinski definition) is 9. The highest BCUT2D eigenvalue weighted by atomic mass is 16.5. The largest absolute Gasteiger partial charge is 0.507 e. The minimum atomic E-state index is -0.866. The molecule has 4 heterocycles. The first-order valence-electron chi connectivity index (χ1n) is 19.4. The lowest BCUT2D eigenvalue weighted by Crippen LogP contribution is -2.49. The fourth-order valence-electron chi connectivity index (χ4n) is 8.23. The highest BCUT2D eigenvalue weighted by Crippen LogP contribution is 2.44. The molecule has 2 aromatic carbocycles. The molecular formula is C43H51N3O9. The Morgan fingerprint density at radius 1 is 1.02 bits per heavy atom. The van der Waals surface area contributed by atoms with E-state index in [0.717, 1.165) is 12.1 Å². The molecule has 292 valence electrons. The van der Waals surface area contributed by atoms with Crippen molar-refractivity contribution in [2.75, 3.05) is 26.7 Å². The van der Waals surface area contributed by atoms with E-state index in [1.54, 1.807) is 55.5 Å². The molecule has 6 rings (SSSR count). The second-order valence-electron chi connectivity index (χ2n) is 15.0. The van der Waals surface area contributed by atoms with E-state index in [9.17, 15) is 34.2 Å². The van der Waals surface area contributed by atoms with Crippen LogP contribution in [0.15, 0.2) is 59.4 Å². The van der Waals surface area contributed by atoms with Gasteiger partial charge in [0.2, 0.25) is 11.8 Å². The van der Waals surface area contributed by atoms with Gasteiger partial charge >= 0.3 is 5.97 Å². The maximum atomic E-state index is 13.7. The SMILES string of the molecule is COc1ccc(C(CC(=O)NCCCC(=O)N2CC3CC(C2)c2cccc(=O)n2C3)c2c(O)cc3c(c2O)C(=O)OC(C)CCCC(=O)CCCC=C3)cc1. The van der Waals surface area contributed by atoms with Crippen molar-refractivity contribution in [3.63, 3.8) is 0 Å². The lowest BCUT2D eigenvalue weighted by Gasteiger charge is -2.42. The molecule has 3 N–H and O–H groups in total. The molecule has 3 aromatic rings. The number of carbonyl (C=O) groups is 4. The van der Waals surface area contributed by atoms with Crippen molar-refractivity contribution in [2.45, 2.75) is 95.6 Å². The van der Waals surface area contributed by atoms with Crippen LogP contribution in [0.1, 0.15) is 116 Å². The van der Waals surface area contributed by atoms with Crippen LogP contribution in [-0.4, -0.2) is 76.1 Å². The number of ketones is 1. The number of aromatic hydroxyl groups is 2. The van der Waals surface area contributed by atoms with Crippen LogP contribution in [0, 0.1) is 5.92 Å². The number of benzene rings is 2. The second-order valence-corrected chi connectivity index (χ2v) is 15.0. The molecule has 12 heteroatoms. The summed E-state index contributed by atoms with van der Waals surface area (Å²) < 4.78 is 12.9. The van der Waals surface area contributed by atoms with Gasteiger partial charge in [0.05, 0.1) is 13.2 Å². The number of Topliss-reactive ketones (excluding diaryl/α,β-unsaturated/α-hetero) is 1. The number of fused-ring (bicyclic) bond motifs is 5. The summed E-state index contributed by atoms with van der Waals surface area (Å²) in [5.74, 6) is -1.68. The number of pyridine rings is 1. The van der Waals surface area contributed by atoms with Gasteiger partial charge in [0, 0.05) is 81.0 Å². The first-order chi connectivity index (χ1) is 26.5. The van der Waals surface area contributed by atoms with Crippen molar-refractivity contribution in [1.29, 1.82) is 0 Å². The lowest BCUT2D eigenvalue weighted by molar-refractivity contribution is -0.134. The Bertz CT molecular complexity index is 1990. The minimum absolute atomic E-state index is 0.00300. The number of nitrogens with zero attached hydrogens (tertiary/aromatic N) is 2. The van der Waals surface area contributed by atoms with E-state index < -0.39 is 23.7 Å². The summed E-state index contributed by atoms with van der Waals surface area (Å²) in [5, 5.41) is 26.2. The first-order valence-corrected chi connectivity index (χ1v) is 19.4. The third-order valence-electron chi connectivity index (χ3n) is 11.0. The van der Waals surface area contributed by atoms with E-state index in [1.165, 1.54) is 13.2 Å². The Kier molecular flexibility index (Phi) is 12.7. The van der Waals surface area contributed by atoms with Crippen molar-refractivity contribution >= 4 is 29.6 Å². The van der Waals surface area contributed by atoms with E-state index in [0.29, 0.717) is 75.9 Å². The molecule has 55 heavy (non-hydrogen) atoms. The number of esters is 1. The van der Waals surface area contributed by atoms with Crippen LogP contribution >= 0.6 is 0 Å². The minimum Gasteiger partial charge on any atom is -0.507 e. The predicted molar refractivity (Wildman–Crippen MR) is 206 cm³/mol. The molecule has 0 radical (unpaired) electrons. The number of phenols is 2. The second kappa shape index (κ2) is 17.8. The number of aromatic nitrogens is 1. The number of likely N-dealkylation sites (tertiary alicyclic amines) is 1. The van der Waals surface area contributed by atoms with Crippen molar-refractivity contribution in [2.24, 2.45) is 5.92 Å². The zero-order chi connectivity index (χ0) is 39.1. The van der Waals surface area contributed by atoms with E-state index in [-0.39, 0.29) is 76.8 Å². The first kappa shape index (κ1) is 39.3. The zero-order valence-electron chi connectivity index (χ0n) is 31.6. The smallest absolute Gasteiger partial charge is 0.342 e. The van der Waals surface area contributed by atoms with Crippen molar-refractivity contribution in [3.8, 4) is 17.2 Å². The number of rotatable bonds is 9. The van der Waals surface area contributed by atoms with Gasteiger partial charge < -0.3 is 34.5 Å². The third-order valence-corrected chi connectivity index (χ3v) is 11.0. The summed E-state index contributed by atoms with van der Waals surface area (Å²) in [6.45, 7) is 3.74. The highest BCUT2D eigenvalue weighted by molar-refractivity contribution is 5.98. The molecule has 3 aliphatic heterocycles. The quantitative estimate of drug-likeness (QED) is 0.181. The fraction of sp³-hybridized carbons (Fsp3) is 0.465. The molecule has 3 aliphatic rings. The molecule has 12 nitrogen and oxygen atoms in total. The number of piperidine rings is 1. The maximum absolute atomic E-state index is 13.7. The molecule has 0 spiro atoms. The van der Waals surface area contributed by atoms with Gasteiger partial charge in [0.1, 0.15) is 28.6 Å². The number of methoxy groups -OCH3 is 1. The molecule has 0 saturated carbocycles. The molecular weight excluding hydrogens is 702 g/mol. The molecule has 1 aromatic heterocycles. The molecule has 2 amide bonds. The van der Waals surface area contributed by atoms with Crippen molar-refractivity contribution in [1.82, 2.24) is 14.8 Å². The molecule has 0 aliphatic carbocycles. The van der Waals surface area contributed by atoms with Crippen LogP contribution in [0.3, 0.4) is 0 Å². The van der Waals surface area contributed by atoms with Gasteiger partial charge in [-0.2, -0.15) is 0 Å². The Labute approximate surface area is 321 Å². The summed E-state index contributed by atoms with van der Waals surface area (Å²) in [7, 11) is 1.53. The molecule has 1 fully saturated rings. The van der Waals surface area contributed by atoms with Crippen LogP contribution in [0.4, 0.5) is 0 Å². The van der Waals surface area contributed by atoms with E-state index in [4.69, 9.17) is 9.47 Å². The summed E-state index contributed by atoms with van der Waals surface area (Å²) in [5.41, 5.74) is 1.73. The summed E-state index contributed by atoms with van der Waals surface area (Å²) in [6, 6.07) is 13.6. The summed E-state index contributed by atoms with van der Waals surface area (Å²) >= 11 is 0. The zero-order valence-corrected chi connectivity index (χ0v) is 31.6. The Morgan fingerprint density at radius 3 is 2.58 bits per heavy atom. The van der Waals surface area contributed by atoms with Gasteiger partial charge in [-0.15, -0.1) is 0 Å². The van der Waals surface area contributed by atoms with E-state index in [2.05, 4.69) is 5.32 Å². The van der Waals surface area contributed by atoms with Gasteiger partial charge in [-0.1, -0.05) is 30.4 Å². The third kappa shape index (κ3) is 9.47. The Hall–Kier alpha value is -5.39. The van der Waals surface area contributed by atoms with Gasteiger partial charge in [0.15, 0.2) is 0 Å². The van der Waals surface area contributed by atoms with Gasteiger partial charge in [-0.25, -0.2) is 4.79 Å². The van der Waals surface area contributed by atoms with Crippen LogP contribution in [0.5, 0.6) is 17.2 Å². The highest BCUT2D eigenvalue weighted by Gasteiger charge is 2.36. The Morgan fingerprint density at radius 2 is 1.80 bits per heavy atom. The fourth-order valence-corrected chi connectivity index (χ4v) is 8.23. The van der Waals surface area contributed by atoms with E-state index >= 15 is 0 Å². The van der Waals surface area contributed by atoms with Gasteiger partial charge in [-0.05, 0) is 86.8 Å². The number of cyclic esters (lactones) is 1. The number of hydrogen-bond donors (Lipinski definition) is 3. The number of allylic oxidation sites excluding steroid dienone is 1. The average molecular weight is 754 g/mol. The molecule has 4 unspecified atom stereocenters. The van der Waals surface area contributed by atoms with Crippen molar-refractivity contribution in [3.05, 3.63) is 92.9 Å². The average Bonchev–Trinajstić information content (AvgIpc) is 3.15.